The summed E-state index contributed by atoms with van der Waals surface area (Å²) in [4.78, 5) is 13.2. The van der Waals surface area contributed by atoms with Crippen LogP contribution in [-0.4, -0.2) is 37.2 Å². The molecule has 6 heteroatoms. The van der Waals surface area contributed by atoms with Gasteiger partial charge in [-0.1, -0.05) is 6.07 Å². The van der Waals surface area contributed by atoms with Gasteiger partial charge in [-0.2, -0.15) is 0 Å². The Morgan fingerprint density at radius 3 is 2.86 bits per heavy atom. The van der Waals surface area contributed by atoms with Crippen LogP contribution in [0.15, 0.2) is 18.2 Å². The van der Waals surface area contributed by atoms with Crippen LogP contribution in [-0.2, 0) is 0 Å². The Morgan fingerprint density at radius 2 is 2.29 bits per heavy atom. The molecule has 0 radical (unpaired) electrons. The van der Waals surface area contributed by atoms with Crippen molar-refractivity contribution in [2.24, 2.45) is 0 Å². The normalized spacial score (nSPS) is 17.7. The molecule has 1 aromatic rings. The van der Waals surface area contributed by atoms with E-state index in [1.54, 1.807) is 12.1 Å². The Labute approximate surface area is 125 Å². The van der Waals surface area contributed by atoms with E-state index in [2.05, 4.69) is 10.2 Å². The zero-order valence-electron chi connectivity index (χ0n) is 12.7. The summed E-state index contributed by atoms with van der Waals surface area (Å²) in [6.07, 6.45) is 2.29. The van der Waals surface area contributed by atoms with Crippen LogP contribution in [0.1, 0.15) is 26.7 Å². The van der Waals surface area contributed by atoms with Crippen molar-refractivity contribution in [3.63, 3.8) is 0 Å². The third-order valence-electron chi connectivity index (χ3n) is 3.79. The second-order valence-corrected chi connectivity index (χ2v) is 5.15. The number of hydrogen-bond acceptors (Lipinski definition) is 5. The van der Waals surface area contributed by atoms with Gasteiger partial charge in [0.2, 0.25) is 0 Å². The number of nitro benzene ring substituents is 1. The van der Waals surface area contributed by atoms with Gasteiger partial charge in [0, 0.05) is 19.1 Å². The summed E-state index contributed by atoms with van der Waals surface area (Å²) >= 11 is 0. The van der Waals surface area contributed by atoms with Crippen LogP contribution in [0.3, 0.4) is 0 Å². The highest BCUT2D eigenvalue weighted by Gasteiger charge is 2.26. The number of benzene rings is 1. The highest BCUT2D eigenvalue weighted by atomic mass is 16.6. The van der Waals surface area contributed by atoms with Gasteiger partial charge in [-0.05, 0) is 45.4 Å². The minimum Gasteiger partial charge on any atom is -0.487 e. The van der Waals surface area contributed by atoms with Crippen molar-refractivity contribution >= 4 is 11.4 Å². The summed E-state index contributed by atoms with van der Waals surface area (Å²) in [6.45, 7) is 6.81. The molecular weight excluding hydrogens is 270 g/mol. The maximum Gasteiger partial charge on any atom is 0.333 e. The maximum atomic E-state index is 11.5. The van der Waals surface area contributed by atoms with Crippen molar-refractivity contribution in [2.45, 2.75) is 32.7 Å². The van der Waals surface area contributed by atoms with Gasteiger partial charge < -0.3 is 15.0 Å². The number of ether oxygens (including phenoxy) is 1. The maximum absolute atomic E-state index is 11.5. The zero-order valence-corrected chi connectivity index (χ0v) is 12.7. The van der Waals surface area contributed by atoms with Crippen LogP contribution in [0.25, 0.3) is 0 Å². The summed E-state index contributed by atoms with van der Waals surface area (Å²) in [5.74, 6) is 0.345. The fourth-order valence-electron chi connectivity index (χ4n) is 2.80. The lowest BCUT2D eigenvalue weighted by Crippen LogP contribution is -2.37. The number of nitro groups is 1. The van der Waals surface area contributed by atoms with Gasteiger partial charge in [0.15, 0.2) is 5.75 Å². The Hall–Kier alpha value is -1.82. The van der Waals surface area contributed by atoms with Crippen LogP contribution in [0.4, 0.5) is 11.4 Å². The largest absolute Gasteiger partial charge is 0.487 e. The molecule has 1 fully saturated rings. The third-order valence-corrected chi connectivity index (χ3v) is 3.79. The van der Waals surface area contributed by atoms with E-state index in [0.29, 0.717) is 24.1 Å². The summed E-state index contributed by atoms with van der Waals surface area (Å²) in [5, 5.41) is 14.9. The number of hydrogen-bond donors (Lipinski definition) is 1. The molecule has 1 saturated heterocycles. The van der Waals surface area contributed by atoms with Gasteiger partial charge in [0.25, 0.3) is 0 Å². The van der Waals surface area contributed by atoms with E-state index >= 15 is 0 Å². The molecule has 2 rings (SSSR count). The van der Waals surface area contributed by atoms with E-state index < -0.39 is 0 Å². The van der Waals surface area contributed by atoms with E-state index in [0.717, 1.165) is 26.1 Å². The molecule has 1 heterocycles. The molecule has 1 aliphatic heterocycles. The molecule has 1 atom stereocenters. The molecule has 1 aromatic carbocycles. The number of nitrogens with zero attached hydrogens (tertiary/aromatic N) is 2. The third kappa shape index (κ3) is 3.64. The van der Waals surface area contributed by atoms with Crippen molar-refractivity contribution in [1.82, 2.24) is 5.32 Å². The van der Waals surface area contributed by atoms with Crippen LogP contribution >= 0.6 is 0 Å². The van der Waals surface area contributed by atoms with E-state index in [9.17, 15) is 10.1 Å². The standard InChI is InChI=1S/C15H23N3O3/c1-3-17(11-12-7-6-10-16-12)13-8-5-9-14(21-4-2)15(13)18(19)20/h5,8-9,12,16H,3-4,6-7,10-11H2,1-2H3. The van der Waals surface area contributed by atoms with Gasteiger partial charge >= 0.3 is 5.69 Å². The fourth-order valence-corrected chi connectivity index (χ4v) is 2.80. The van der Waals surface area contributed by atoms with Gasteiger partial charge in [-0.15, -0.1) is 0 Å². The summed E-state index contributed by atoms with van der Waals surface area (Å²) in [5.41, 5.74) is 0.710. The lowest BCUT2D eigenvalue weighted by molar-refractivity contribution is -0.385. The molecule has 0 spiro atoms. The molecule has 1 aliphatic rings. The Kier molecular flexibility index (Phi) is 5.38. The number of likely N-dealkylation sites (N-methyl/N-ethyl adjacent to an activating group) is 1. The van der Waals surface area contributed by atoms with Crippen molar-refractivity contribution in [3.05, 3.63) is 28.3 Å². The molecule has 21 heavy (non-hydrogen) atoms. The van der Waals surface area contributed by atoms with Crippen LogP contribution in [0.5, 0.6) is 5.75 Å². The first-order valence-corrected chi connectivity index (χ1v) is 7.55. The molecule has 6 nitrogen and oxygen atoms in total. The van der Waals surface area contributed by atoms with Crippen LogP contribution in [0, 0.1) is 10.1 Å². The van der Waals surface area contributed by atoms with Gasteiger partial charge in [-0.25, -0.2) is 0 Å². The van der Waals surface area contributed by atoms with Crippen LogP contribution in [0.2, 0.25) is 0 Å². The number of nitrogens with one attached hydrogen (secondary N) is 1. The molecular formula is C15H23N3O3. The first-order valence-electron chi connectivity index (χ1n) is 7.55. The topological polar surface area (TPSA) is 67.6 Å². The highest BCUT2D eigenvalue weighted by molar-refractivity contribution is 5.69. The minimum atomic E-state index is -0.342. The molecule has 116 valence electrons. The zero-order chi connectivity index (χ0) is 15.2. The van der Waals surface area contributed by atoms with Gasteiger partial charge in [-0.3, -0.25) is 10.1 Å². The number of para-hydroxylation sites is 1. The summed E-state index contributed by atoms with van der Waals surface area (Å²) in [6, 6.07) is 5.68. The quantitative estimate of drug-likeness (QED) is 0.618. The Balaban J connectivity index is 2.30. The molecule has 0 aromatic heterocycles. The van der Waals surface area contributed by atoms with E-state index in [1.165, 1.54) is 6.42 Å². The van der Waals surface area contributed by atoms with Crippen molar-refractivity contribution in [2.75, 3.05) is 31.1 Å². The highest BCUT2D eigenvalue weighted by Crippen LogP contribution is 2.37. The molecule has 1 unspecified atom stereocenters. The molecule has 0 bridgehead atoms. The van der Waals surface area contributed by atoms with E-state index in [4.69, 9.17) is 4.74 Å². The Bertz CT molecular complexity index is 487. The fraction of sp³-hybridized carbons (Fsp3) is 0.600. The first kappa shape index (κ1) is 15.6. The average molecular weight is 293 g/mol. The first-order chi connectivity index (χ1) is 10.2. The van der Waals surface area contributed by atoms with Crippen molar-refractivity contribution < 1.29 is 9.66 Å². The van der Waals surface area contributed by atoms with Crippen molar-refractivity contribution in [3.8, 4) is 5.75 Å². The smallest absolute Gasteiger partial charge is 0.333 e. The van der Waals surface area contributed by atoms with Crippen molar-refractivity contribution in [1.29, 1.82) is 0 Å². The predicted octanol–water partition coefficient (Wildman–Crippen LogP) is 2.57. The Morgan fingerprint density at radius 1 is 1.48 bits per heavy atom. The predicted molar refractivity (Wildman–Crippen MR) is 83.2 cm³/mol. The SMILES string of the molecule is CCOc1cccc(N(CC)CC2CCCN2)c1[N+](=O)[O-]. The molecule has 0 aliphatic carbocycles. The van der Waals surface area contributed by atoms with Gasteiger partial charge in [0.1, 0.15) is 5.69 Å². The monoisotopic (exact) mass is 293 g/mol. The lowest BCUT2D eigenvalue weighted by atomic mass is 10.1. The van der Waals surface area contributed by atoms with E-state index in [1.807, 2.05) is 19.9 Å². The number of anilines is 1. The summed E-state index contributed by atoms with van der Waals surface area (Å²) in [7, 11) is 0. The van der Waals surface area contributed by atoms with Gasteiger partial charge in [0.05, 0.1) is 11.5 Å². The minimum absolute atomic E-state index is 0.0687. The molecule has 0 saturated carbocycles. The van der Waals surface area contributed by atoms with Crippen LogP contribution < -0.4 is 15.0 Å². The molecule has 0 amide bonds. The average Bonchev–Trinajstić information content (AvgIpc) is 2.97. The summed E-state index contributed by atoms with van der Waals surface area (Å²) < 4.78 is 5.42. The number of rotatable bonds is 7. The second-order valence-electron chi connectivity index (χ2n) is 5.15. The van der Waals surface area contributed by atoms with E-state index in [-0.39, 0.29) is 10.6 Å². The lowest BCUT2D eigenvalue weighted by Gasteiger charge is -2.26. The molecule has 1 N–H and O–H groups in total. The second kappa shape index (κ2) is 7.26.